The molecular formula is C15H24O2. The van der Waals surface area contributed by atoms with Gasteiger partial charge in [0.15, 0.2) is 0 Å². The Balaban J connectivity index is 1.98. The molecule has 0 aromatic heterocycles. The largest absolute Gasteiger partial charge is 0.386 e. The maximum absolute atomic E-state index is 11.1. The van der Waals surface area contributed by atoms with Crippen molar-refractivity contribution in [2.75, 3.05) is 0 Å². The number of aliphatic hydroxyl groups is 1. The molecule has 17 heavy (non-hydrogen) atoms. The zero-order valence-electron chi connectivity index (χ0n) is 11.4. The molecule has 2 nitrogen and oxygen atoms in total. The molecule has 2 aliphatic carbocycles. The third kappa shape index (κ3) is 2.33. The van der Waals surface area contributed by atoms with Crippen LogP contribution in [0.25, 0.3) is 0 Å². The standard InChI is InChI=1S/C15H24O2/c1-10(16)5-6-12-13-9-11(14(2,3)17)7-8-15(12,13)4/h7,12-13,17H,5-6,8-9H2,1-4H3/t12-,13-,15+/m1/s1. The van der Waals surface area contributed by atoms with Gasteiger partial charge in [-0.3, -0.25) is 0 Å². The van der Waals surface area contributed by atoms with Crippen LogP contribution in [0.2, 0.25) is 0 Å². The third-order valence-corrected chi connectivity index (χ3v) is 4.89. The van der Waals surface area contributed by atoms with Crippen molar-refractivity contribution in [1.82, 2.24) is 0 Å². The van der Waals surface area contributed by atoms with E-state index in [1.165, 1.54) is 5.57 Å². The predicted octanol–water partition coefficient (Wildman–Crippen LogP) is 3.10. The summed E-state index contributed by atoms with van der Waals surface area (Å²) < 4.78 is 0. The van der Waals surface area contributed by atoms with Gasteiger partial charge in [-0.2, -0.15) is 0 Å². The van der Waals surface area contributed by atoms with Crippen molar-refractivity contribution >= 4 is 5.78 Å². The van der Waals surface area contributed by atoms with Crippen molar-refractivity contribution in [2.24, 2.45) is 17.3 Å². The molecule has 1 N–H and O–H groups in total. The molecule has 0 aromatic carbocycles. The van der Waals surface area contributed by atoms with Crippen LogP contribution in [-0.4, -0.2) is 16.5 Å². The van der Waals surface area contributed by atoms with E-state index in [1.54, 1.807) is 6.92 Å². The van der Waals surface area contributed by atoms with Crippen LogP contribution in [0.1, 0.15) is 53.4 Å². The average molecular weight is 236 g/mol. The molecule has 96 valence electrons. The number of carbonyl (C=O) groups excluding carboxylic acids is 1. The smallest absolute Gasteiger partial charge is 0.129 e. The molecule has 3 atom stereocenters. The lowest BCUT2D eigenvalue weighted by molar-refractivity contribution is -0.117. The van der Waals surface area contributed by atoms with Crippen molar-refractivity contribution in [3.63, 3.8) is 0 Å². The molecule has 0 heterocycles. The Kier molecular flexibility index (Phi) is 2.97. The molecule has 0 saturated heterocycles. The summed E-state index contributed by atoms with van der Waals surface area (Å²) in [6.45, 7) is 7.75. The number of carbonyl (C=O) groups is 1. The van der Waals surface area contributed by atoms with Crippen molar-refractivity contribution < 1.29 is 9.90 Å². The molecule has 2 heteroatoms. The van der Waals surface area contributed by atoms with Crippen molar-refractivity contribution in [3.05, 3.63) is 11.6 Å². The van der Waals surface area contributed by atoms with Crippen molar-refractivity contribution in [1.29, 1.82) is 0 Å². The highest BCUT2D eigenvalue weighted by Gasteiger charge is 2.61. The first-order valence-corrected chi connectivity index (χ1v) is 6.66. The fraction of sp³-hybridized carbons (Fsp3) is 0.800. The Morgan fingerprint density at radius 3 is 2.76 bits per heavy atom. The molecule has 2 rings (SSSR count). The highest BCUT2D eigenvalue weighted by molar-refractivity contribution is 5.75. The average Bonchev–Trinajstić information content (AvgIpc) is 2.77. The minimum absolute atomic E-state index is 0.299. The first kappa shape index (κ1) is 12.8. The van der Waals surface area contributed by atoms with Gasteiger partial charge >= 0.3 is 0 Å². The summed E-state index contributed by atoms with van der Waals surface area (Å²) in [6, 6.07) is 0. The predicted molar refractivity (Wildman–Crippen MR) is 68.6 cm³/mol. The van der Waals surface area contributed by atoms with Gasteiger partial charge in [0.2, 0.25) is 0 Å². The lowest BCUT2D eigenvalue weighted by Crippen LogP contribution is -2.24. The van der Waals surface area contributed by atoms with Crippen LogP contribution in [0.4, 0.5) is 0 Å². The molecule has 1 saturated carbocycles. The summed E-state index contributed by atoms with van der Waals surface area (Å²) >= 11 is 0. The van der Waals surface area contributed by atoms with Crippen LogP contribution in [0, 0.1) is 17.3 Å². The Morgan fingerprint density at radius 1 is 1.59 bits per heavy atom. The van der Waals surface area contributed by atoms with E-state index in [9.17, 15) is 9.90 Å². The number of Topliss-reactive ketones (excluding diaryl/α,β-unsaturated/α-hetero) is 1. The van der Waals surface area contributed by atoms with E-state index in [1.807, 2.05) is 13.8 Å². The first-order chi connectivity index (χ1) is 7.75. The number of ketones is 1. The van der Waals surface area contributed by atoms with E-state index in [0.29, 0.717) is 29.5 Å². The monoisotopic (exact) mass is 236 g/mol. The summed E-state index contributed by atoms with van der Waals surface area (Å²) in [5.41, 5.74) is 0.921. The van der Waals surface area contributed by atoms with Gasteiger partial charge in [0.05, 0.1) is 5.60 Å². The normalized spacial score (nSPS) is 36.2. The second kappa shape index (κ2) is 3.94. The highest BCUT2D eigenvalue weighted by atomic mass is 16.3. The number of hydrogen-bond acceptors (Lipinski definition) is 2. The molecule has 1 fully saturated rings. The number of rotatable bonds is 4. The lowest BCUT2D eigenvalue weighted by Gasteiger charge is -2.26. The minimum Gasteiger partial charge on any atom is -0.386 e. The topological polar surface area (TPSA) is 37.3 Å². The molecule has 0 amide bonds. The molecule has 0 bridgehead atoms. The van der Waals surface area contributed by atoms with Crippen LogP contribution in [0.15, 0.2) is 11.6 Å². The first-order valence-electron chi connectivity index (χ1n) is 6.66. The second-order valence-electron chi connectivity index (χ2n) is 6.66. The molecule has 0 unspecified atom stereocenters. The summed E-state index contributed by atoms with van der Waals surface area (Å²) in [5, 5.41) is 10.0. The third-order valence-electron chi connectivity index (χ3n) is 4.89. The molecule has 0 aliphatic heterocycles. The zero-order valence-corrected chi connectivity index (χ0v) is 11.4. The Labute approximate surface area is 104 Å². The van der Waals surface area contributed by atoms with Gasteiger partial charge in [-0.15, -0.1) is 0 Å². The SMILES string of the molecule is CC(=O)CC[C@@H]1[C@H]2CC(C(C)(C)O)=CC[C@@]12C. The number of allylic oxidation sites excluding steroid dienone is 1. The second-order valence-corrected chi connectivity index (χ2v) is 6.66. The van der Waals surface area contributed by atoms with Crippen LogP contribution >= 0.6 is 0 Å². The van der Waals surface area contributed by atoms with Crippen LogP contribution in [0.5, 0.6) is 0 Å². The van der Waals surface area contributed by atoms with Crippen LogP contribution < -0.4 is 0 Å². The fourth-order valence-electron chi connectivity index (χ4n) is 3.49. The Bertz CT molecular complexity index is 362. The van der Waals surface area contributed by atoms with E-state index in [-0.39, 0.29) is 0 Å². The molecule has 0 radical (unpaired) electrons. The Hall–Kier alpha value is -0.630. The number of fused-ring (bicyclic) bond motifs is 1. The van der Waals surface area contributed by atoms with E-state index in [0.717, 1.165) is 19.3 Å². The summed E-state index contributed by atoms with van der Waals surface area (Å²) in [7, 11) is 0. The van der Waals surface area contributed by atoms with Crippen molar-refractivity contribution in [2.45, 2.75) is 59.0 Å². The molecule has 0 spiro atoms. The fourth-order valence-corrected chi connectivity index (χ4v) is 3.49. The van der Waals surface area contributed by atoms with E-state index >= 15 is 0 Å². The lowest BCUT2D eigenvalue weighted by atomic mass is 9.84. The molecule has 0 aromatic rings. The van der Waals surface area contributed by atoms with Gasteiger partial charge < -0.3 is 9.90 Å². The van der Waals surface area contributed by atoms with Gasteiger partial charge in [0, 0.05) is 6.42 Å². The highest BCUT2D eigenvalue weighted by Crippen LogP contribution is 2.67. The van der Waals surface area contributed by atoms with Gasteiger partial charge in [-0.1, -0.05) is 13.0 Å². The van der Waals surface area contributed by atoms with Gasteiger partial charge in [0.25, 0.3) is 0 Å². The van der Waals surface area contributed by atoms with Crippen LogP contribution in [0.3, 0.4) is 0 Å². The summed E-state index contributed by atoms with van der Waals surface area (Å²) in [5.74, 6) is 1.67. The minimum atomic E-state index is -0.672. The molecule has 2 aliphatic rings. The van der Waals surface area contributed by atoms with Gasteiger partial charge in [0.1, 0.15) is 5.78 Å². The van der Waals surface area contributed by atoms with Gasteiger partial charge in [-0.25, -0.2) is 0 Å². The summed E-state index contributed by atoms with van der Waals surface area (Å²) in [4.78, 5) is 11.1. The molecular weight excluding hydrogens is 212 g/mol. The van der Waals surface area contributed by atoms with E-state index in [2.05, 4.69) is 13.0 Å². The van der Waals surface area contributed by atoms with Gasteiger partial charge in [-0.05, 0) is 62.9 Å². The van der Waals surface area contributed by atoms with E-state index < -0.39 is 5.60 Å². The van der Waals surface area contributed by atoms with Crippen molar-refractivity contribution in [3.8, 4) is 0 Å². The maximum atomic E-state index is 11.1. The van der Waals surface area contributed by atoms with Crippen LogP contribution in [-0.2, 0) is 4.79 Å². The Morgan fingerprint density at radius 2 is 2.24 bits per heavy atom. The summed E-state index contributed by atoms with van der Waals surface area (Å²) in [6.07, 6.45) is 6.06. The van der Waals surface area contributed by atoms with E-state index in [4.69, 9.17) is 0 Å². The zero-order chi connectivity index (χ0) is 12.8. The maximum Gasteiger partial charge on any atom is 0.129 e. The quantitative estimate of drug-likeness (QED) is 0.762. The number of hydrogen-bond donors (Lipinski definition) is 1.